The summed E-state index contributed by atoms with van der Waals surface area (Å²) in [5, 5.41) is 0. The molecule has 2 aliphatic rings. The zero-order valence-corrected chi connectivity index (χ0v) is 22.6. The zero-order valence-electron chi connectivity index (χ0n) is 22.6. The van der Waals surface area contributed by atoms with E-state index in [9.17, 15) is 35.9 Å². The van der Waals surface area contributed by atoms with Crippen molar-refractivity contribution in [3.8, 4) is 11.5 Å². The summed E-state index contributed by atoms with van der Waals surface area (Å²) in [7, 11) is 0. The van der Waals surface area contributed by atoms with Crippen LogP contribution in [-0.2, 0) is 11.3 Å². The van der Waals surface area contributed by atoms with Gasteiger partial charge in [0.1, 0.15) is 17.0 Å². The van der Waals surface area contributed by atoms with E-state index in [0.717, 1.165) is 5.69 Å². The molecule has 43 heavy (non-hydrogen) atoms. The second-order valence-corrected chi connectivity index (χ2v) is 10.2. The molecular formula is C28H27F6N5O4. The summed E-state index contributed by atoms with van der Waals surface area (Å²) in [4.78, 5) is 36.3. The van der Waals surface area contributed by atoms with Gasteiger partial charge in [0.2, 0.25) is 5.91 Å². The van der Waals surface area contributed by atoms with Crippen LogP contribution in [-0.4, -0.2) is 75.7 Å². The van der Waals surface area contributed by atoms with Crippen LogP contribution in [0.3, 0.4) is 0 Å². The first-order valence-electron chi connectivity index (χ1n) is 13.4. The first kappa shape index (κ1) is 30.0. The normalized spacial score (nSPS) is 17.1. The number of hydrogen-bond acceptors (Lipinski definition) is 6. The first-order chi connectivity index (χ1) is 20.3. The Labute approximate surface area is 242 Å². The Morgan fingerprint density at radius 3 is 2.09 bits per heavy atom. The van der Waals surface area contributed by atoms with Crippen LogP contribution >= 0.6 is 0 Å². The number of imidazole rings is 1. The van der Waals surface area contributed by atoms with Gasteiger partial charge >= 0.3 is 12.7 Å². The lowest BCUT2D eigenvalue weighted by molar-refractivity contribution is -0.276. The number of aryl methyl sites for hydroxylation is 1. The van der Waals surface area contributed by atoms with Crippen LogP contribution in [0.1, 0.15) is 29.6 Å². The number of hydrogen-bond donors (Lipinski definition) is 0. The molecule has 15 heteroatoms. The van der Waals surface area contributed by atoms with Gasteiger partial charge in [0, 0.05) is 55.9 Å². The number of ether oxygens (including phenoxy) is 2. The van der Waals surface area contributed by atoms with Crippen molar-refractivity contribution in [2.24, 2.45) is 0 Å². The third-order valence-electron chi connectivity index (χ3n) is 7.46. The van der Waals surface area contributed by atoms with Crippen LogP contribution < -0.4 is 14.4 Å². The minimum atomic E-state index is -5.21. The molecule has 0 radical (unpaired) electrons. The number of likely N-dealkylation sites (tertiary alicyclic amines) is 1. The molecule has 3 aromatic rings. The maximum Gasteiger partial charge on any atom is 0.573 e. The molecule has 1 spiro atoms. The fraction of sp³-hybridized carbons (Fsp3) is 0.393. The quantitative estimate of drug-likeness (QED) is 0.332. The van der Waals surface area contributed by atoms with Gasteiger partial charge in [-0.25, -0.2) is 4.98 Å². The smallest absolute Gasteiger partial charge is 0.406 e. The van der Waals surface area contributed by atoms with Gasteiger partial charge in [-0.3, -0.25) is 9.59 Å². The van der Waals surface area contributed by atoms with Gasteiger partial charge in [0.05, 0.1) is 13.0 Å². The summed E-state index contributed by atoms with van der Waals surface area (Å²) in [5.74, 6) is -2.98. The second-order valence-electron chi connectivity index (χ2n) is 10.2. The molecule has 2 saturated heterocycles. The maximum absolute atomic E-state index is 13.9. The predicted octanol–water partition coefficient (Wildman–Crippen LogP) is 5.05. The Morgan fingerprint density at radius 2 is 1.53 bits per heavy atom. The first-order valence-corrected chi connectivity index (χ1v) is 13.4. The van der Waals surface area contributed by atoms with E-state index in [-0.39, 0.29) is 31.8 Å². The van der Waals surface area contributed by atoms with E-state index >= 15 is 0 Å². The van der Waals surface area contributed by atoms with E-state index in [1.54, 1.807) is 17.4 Å². The monoisotopic (exact) mass is 611 g/mol. The molecule has 5 rings (SSSR count). The van der Waals surface area contributed by atoms with E-state index in [1.807, 2.05) is 46.0 Å². The molecule has 2 aromatic carbocycles. The average Bonchev–Trinajstić information content (AvgIpc) is 3.54. The summed E-state index contributed by atoms with van der Waals surface area (Å²) in [6.07, 6.45) is -4.12. The van der Waals surface area contributed by atoms with Crippen molar-refractivity contribution < 1.29 is 45.4 Å². The summed E-state index contributed by atoms with van der Waals surface area (Å²) in [6, 6.07) is 11.1. The maximum atomic E-state index is 13.9. The summed E-state index contributed by atoms with van der Waals surface area (Å²) in [5.41, 5.74) is -0.631. The molecule has 0 bridgehead atoms. The van der Waals surface area contributed by atoms with E-state index in [0.29, 0.717) is 44.4 Å². The fourth-order valence-electron chi connectivity index (χ4n) is 5.58. The number of carbonyl (C=O) groups is 2. The lowest BCUT2D eigenvalue weighted by atomic mass is 9.85. The Bertz CT molecular complexity index is 1390. The number of piperidine rings is 1. The Hall–Kier alpha value is -4.43. The van der Waals surface area contributed by atoms with Crippen LogP contribution in [0.25, 0.3) is 0 Å². The molecule has 0 aliphatic carbocycles. The van der Waals surface area contributed by atoms with Crippen molar-refractivity contribution in [1.82, 2.24) is 19.4 Å². The van der Waals surface area contributed by atoms with Gasteiger partial charge in [-0.15, -0.1) is 26.3 Å². The molecular weight excluding hydrogens is 584 g/mol. The Balaban J connectivity index is 1.34. The minimum Gasteiger partial charge on any atom is -0.406 e. The number of aromatic nitrogens is 2. The number of nitrogens with zero attached hydrogens (tertiary/aromatic N) is 5. The van der Waals surface area contributed by atoms with Gasteiger partial charge in [-0.1, -0.05) is 18.2 Å². The third-order valence-corrected chi connectivity index (χ3v) is 7.46. The molecule has 0 saturated carbocycles. The number of carbonyl (C=O) groups excluding carboxylic acids is 2. The molecule has 2 fully saturated rings. The number of amides is 2. The molecule has 3 heterocycles. The topological polar surface area (TPSA) is 80.1 Å². The van der Waals surface area contributed by atoms with Gasteiger partial charge < -0.3 is 28.7 Å². The molecule has 0 unspecified atom stereocenters. The lowest BCUT2D eigenvalue weighted by Crippen LogP contribution is -2.57. The standard InChI is InChI=1S/C28H27F6N5O4/c29-27(30,31)42-22-15-20(16-23(17-22)43-28(32,33)34)24(40)37-12-7-26(8-13-37)25(41)38(11-4-10-36-14-9-35-18-36)19-39(26)21-5-2-1-3-6-21/h1-3,5-6,9,14-18H,4,7-8,10-13,19H2. The predicted molar refractivity (Wildman–Crippen MR) is 140 cm³/mol. The highest BCUT2D eigenvalue weighted by Crippen LogP contribution is 2.40. The van der Waals surface area contributed by atoms with E-state index in [2.05, 4.69) is 14.5 Å². The van der Waals surface area contributed by atoms with Crippen molar-refractivity contribution >= 4 is 17.5 Å². The van der Waals surface area contributed by atoms with Crippen molar-refractivity contribution in [3.63, 3.8) is 0 Å². The summed E-state index contributed by atoms with van der Waals surface area (Å²) >= 11 is 0. The van der Waals surface area contributed by atoms with Crippen molar-refractivity contribution in [3.05, 3.63) is 72.8 Å². The second kappa shape index (κ2) is 11.7. The molecule has 1 aromatic heterocycles. The highest BCUT2D eigenvalue weighted by atomic mass is 19.4. The van der Waals surface area contributed by atoms with Crippen molar-refractivity contribution in [2.75, 3.05) is 31.2 Å². The number of halogens is 6. The Kier molecular flexibility index (Phi) is 8.16. The van der Waals surface area contributed by atoms with Crippen molar-refractivity contribution in [2.45, 2.75) is 44.1 Å². The third kappa shape index (κ3) is 6.97. The highest BCUT2D eigenvalue weighted by Gasteiger charge is 2.54. The van der Waals surface area contributed by atoms with Crippen LogP contribution in [0.2, 0.25) is 0 Å². The minimum absolute atomic E-state index is 0.0383. The summed E-state index contributed by atoms with van der Waals surface area (Å²) in [6.45, 7) is 1.56. The van der Waals surface area contributed by atoms with Gasteiger partial charge in [0.25, 0.3) is 5.91 Å². The summed E-state index contributed by atoms with van der Waals surface area (Å²) < 4.78 is 86.5. The van der Waals surface area contributed by atoms with Gasteiger partial charge in [-0.2, -0.15) is 0 Å². The lowest BCUT2D eigenvalue weighted by Gasteiger charge is -2.43. The number of para-hydroxylation sites is 1. The van der Waals surface area contributed by atoms with Crippen LogP contribution in [0.15, 0.2) is 67.3 Å². The number of alkyl halides is 6. The molecule has 230 valence electrons. The van der Waals surface area contributed by atoms with E-state index in [1.165, 1.54) is 4.90 Å². The number of rotatable bonds is 8. The number of anilines is 1. The molecule has 2 amide bonds. The molecule has 0 N–H and O–H groups in total. The Morgan fingerprint density at radius 1 is 0.907 bits per heavy atom. The van der Waals surface area contributed by atoms with E-state index in [4.69, 9.17) is 0 Å². The van der Waals surface area contributed by atoms with Crippen LogP contribution in [0, 0.1) is 0 Å². The van der Waals surface area contributed by atoms with E-state index < -0.39 is 41.2 Å². The van der Waals surface area contributed by atoms with Gasteiger partial charge in [0.15, 0.2) is 0 Å². The van der Waals surface area contributed by atoms with Crippen LogP contribution in [0.4, 0.5) is 32.0 Å². The molecule has 2 aliphatic heterocycles. The average molecular weight is 612 g/mol. The van der Waals surface area contributed by atoms with Crippen molar-refractivity contribution in [1.29, 1.82) is 0 Å². The zero-order chi connectivity index (χ0) is 30.8. The van der Waals surface area contributed by atoms with Gasteiger partial charge in [-0.05, 0) is 43.5 Å². The fourth-order valence-corrected chi connectivity index (χ4v) is 5.58. The highest BCUT2D eigenvalue weighted by molar-refractivity contribution is 5.97. The van der Waals surface area contributed by atoms with Crippen LogP contribution in [0.5, 0.6) is 11.5 Å². The largest absolute Gasteiger partial charge is 0.573 e. The molecule has 0 atom stereocenters. The SMILES string of the molecule is O=C(c1cc(OC(F)(F)F)cc(OC(F)(F)F)c1)N1CCC2(CC1)C(=O)N(CCCn1ccnc1)CN2c1ccccc1. The number of benzene rings is 2. The molecule has 9 nitrogen and oxygen atoms in total.